The lowest BCUT2D eigenvalue weighted by Crippen LogP contribution is -2.29. The minimum absolute atomic E-state index is 0.0144. The number of halogens is 1. The number of hydrogen-bond acceptors (Lipinski definition) is 6. The highest BCUT2D eigenvalue weighted by Crippen LogP contribution is 2.22. The normalized spacial score (nSPS) is 11.6. The molecule has 2 aromatic carbocycles. The van der Waals surface area contributed by atoms with E-state index in [9.17, 15) is 9.18 Å². The van der Waals surface area contributed by atoms with Crippen LogP contribution in [0.4, 0.5) is 4.39 Å². The molecular weight excluding hydrogens is 431 g/mol. The van der Waals surface area contributed by atoms with Gasteiger partial charge in [-0.15, -0.1) is 16.8 Å². The molecule has 0 spiro atoms. The molecule has 0 aliphatic rings. The number of carbonyl (C=O) groups is 1. The number of thioether (sulfide) groups is 1. The third-order valence-electron chi connectivity index (χ3n) is 4.55. The van der Waals surface area contributed by atoms with Crippen LogP contribution < -0.4 is 14.8 Å². The Labute approximate surface area is 190 Å². The van der Waals surface area contributed by atoms with E-state index in [4.69, 9.17) is 9.47 Å². The maximum Gasteiger partial charge on any atom is 0.254 e. The predicted molar refractivity (Wildman–Crippen MR) is 122 cm³/mol. The summed E-state index contributed by atoms with van der Waals surface area (Å²) in [6.07, 6.45) is 1.73. The molecule has 0 fully saturated rings. The first-order chi connectivity index (χ1) is 15.5. The SMILES string of the molecule is C=CCn1c(SCCOc2ccc(OC)cc2)nnc1C(C)NC(=O)c1ccccc1F. The minimum Gasteiger partial charge on any atom is -0.497 e. The zero-order valence-electron chi connectivity index (χ0n) is 18.0. The van der Waals surface area contributed by atoms with Crippen LogP contribution in [-0.4, -0.2) is 40.1 Å². The Hall–Kier alpha value is -3.33. The molecule has 1 aromatic heterocycles. The third-order valence-corrected chi connectivity index (χ3v) is 5.48. The quantitative estimate of drug-likeness (QED) is 0.264. The summed E-state index contributed by atoms with van der Waals surface area (Å²) in [6.45, 7) is 6.53. The van der Waals surface area contributed by atoms with Crippen molar-refractivity contribution in [2.75, 3.05) is 19.5 Å². The number of hydrogen-bond donors (Lipinski definition) is 1. The molecule has 0 aliphatic heterocycles. The smallest absolute Gasteiger partial charge is 0.254 e. The highest BCUT2D eigenvalue weighted by Gasteiger charge is 2.21. The van der Waals surface area contributed by atoms with E-state index in [1.165, 1.54) is 30.0 Å². The molecule has 3 aromatic rings. The lowest BCUT2D eigenvalue weighted by atomic mass is 10.2. The van der Waals surface area contributed by atoms with Crippen molar-refractivity contribution in [1.82, 2.24) is 20.1 Å². The van der Waals surface area contributed by atoms with Crippen molar-refractivity contribution in [2.45, 2.75) is 24.7 Å². The summed E-state index contributed by atoms with van der Waals surface area (Å²) < 4.78 is 26.7. The fraction of sp³-hybridized carbons (Fsp3) is 0.261. The first-order valence-electron chi connectivity index (χ1n) is 10.0. The highest BCUT2D eigenvalue weighted by molar-refractivity contribution is 7.99. The van der Waals surface area contributed by atoms with E-state index in [0.717, 1.165) is 11.5 Å². The number of aromatic nitrogens is 3. The van der Waals surface area contributed by atoms with Gasteiger partial charge in [0.25, 0.3) is 5.91 Å². The van der Waals surface area contributed by atoms with Gasteiger partial charge in [-0.05, 0) is 43.3 Å². The summed E-state index contributed by atoms with van der Waals surface area (Å²) in [4.78, 5) is 12.5. The van der Waals surface area contributed by atoms with Crippen molar-refractivity contribution in [3.8, 4) is 11.5 Å². The Balaban J connectivity index is 1.60. The molecule has 0 saturated heterocycles. The molecule has 9 heteroatoms. The summed E-state index contributed by atoms with van der Waals surface area (Å²) in [6, 6.07) is 12.8. The maximum absolute atomic E-state index is 13.9. The molecule has 7 nitrogen and oxygen atoms in total. The van der Waals surface area contributed by atoms with Crippen molar-refractivity contribution >= 4 is 17.7 Å². The van der Waals surface area contributed by atoms with Gasteiger partial charge < -0.3 is 19.4 Å². The number of carbonyl (C=O) groups excluding carboxylic acids is 1. The predicted octanol–water partition coefficient (Wildman–Crippen LogP) is 4.27. The van der Waals surface area contributed by atoms with Gasteiger partial charge in [0.05, 0.1) is 25.3 Å². The van der Waals surface area contributed by atoms with Gasteiger partial charge in [0, 0.05) is 12.3 Å². The molecule has 0 saturated carbocycles. The van der Waals surface area contributed by atoms with Crippen LogP contribution in [0.15, 0.2) is 66.3 Å². The second kappa shape index (κ2) is 11.3. The van der Waals surface area contributed by atoms with Gasteiger partial charge in [0.1, 0.15) is 17.3 Å². The molecule has 1 atom stereocenters. The molecule has 3 rings (SSSR count). The Morgan fingerprint density at radius 3 is 2.62 bits per heavy atom. The highest BCUT2D eigenvalue weighted by atomic mass is 32.2. The molecule has 0 bridgehead atoms. The summed E-state index contributed by atoms with van der Waals surface area (Å²) >= 11 is 1.49. The van der Waals surface area contributed by atoms with Crippen LogP contribution in [-0.2, 0) is 6.54 Å². The van der Waals surface area contributed by atoms with E-state index < -0.39 is 17.8 Å². The van der Waals surface area contributed by atoms with E-state index >= 15 is 0 Å². The fourth-order valence-electron chi connectivity index (χ4n) is 2.98. The second-order valence-electron chi connectivity index (χ2n) is 6.79. The number of amides is 1. The van der Waals surface area contributed by atoms with Gasteiger partial charge in [-0.1, -0.05) is 30.0 Å². The van der Waals surface area contributed by atoms with E-state index in [0.29, 0.717) is 29.9 Å². The summed E-state index contributed by atoms with van der Waals surface area (Å²) in [5, 5.41) is 12.0. The first-order valence-corrected chi connectivity index (χ1v) is 11.0. The van der Waals surface area contributed by atoms with Crippen LogP contribution >= 0.6 is 11.8 Å². The maximum atomic E-state index is 13.9. The van der Waals surface area contributed by atoms with Gasteiger partial charge in [0.15, 0.2) is 11.0 Å². The van der Waals surface area contributed by atoms with Crippen LogP contribution in [0, 0.1) is 5.82 Å². The van der Waals surface area contributed by atoms with Crippen LogP contribution in [0.5, 0.6) is 11.5 Å². The van der Waals surface area contributed by atoms with Crippen molar-refractivity contribution in [2.24, 2.45) is 0 Å². The van der Waals surface area contributed by atoms with Gasteiger partial charge in [-0.2, -0.15) is 0 Å². The molecular formula is C23H25FN4O3S. The largest absolute Gasteiger partial charge is 0.497 e. The average molecular weight is 457 g/mol. The van der Waals surface area contributed by atoms with Gasteiger partial charge in [-0.3, -0.25) is 4.79 Å². The van der Waals surface area contributed by atoms with Crippen molar-refractivity contribution in [1.29, 1.82) is 0 Å². The Bertz CT molecular complexity index is 1060. The molecule has 168 valence electrons. The monoisotopic (exact) mass is 456 g/mol. The second-order valence-corrected chi connectivity index (χ2v) is 7.85. The number of methoxy groups -OCH3 is 1. The minimum atomic E-state index is -0.571. The van der Waals surface area contributed by atoms with Crippen LogP contribution in [0.1, 0.15) is 29.1 Å². The molecule has 0 radical (unpaired) electrons. The van der Waals surface area contributed by atoms with Crippen molar-refractivity contribution in [3.05, 3.63) is 78.4 Å². The number of benzene rings is 2. The summed E-state index contributed by atoms with van der Waals surface area (Å²) in [5.74, 6) is 1.66. The van der Waals surface area contributed by atoms with Crippen molar-refractivity contribution in [3.63, 3.8) is 0 Å². The van der Waals surface area contributed by atoms with Crippen LogP contribution in [0.2, 0.25) is 0 Å². The molecule has 1 unspecified atom stereocenters. The van der Waals surface area contributed by atoms with Crippen LogP contribution in [0.3, 0.4) is 0 Å². The Kier molecular flexibility index (Phi) is 8.27. The zero-order valence-corrected chi connectivity index (χ0v) is 18.8. The molecule has 32 heavy (non-hydrogen) atoms. The van der Waals surface area contributed by atoms with E-state index in [2.05, 4.69) is 22.1 Å². The number of ether oxygens (including phenoxy) is 2. The van der Waals surface area contributed by atoms with E-state index in [1.54, 1.807) is 26.2 Å². The molecule has 1 amide bonds. The summed E-state index contributed by atoms with van der Waals surface area (Å²) in [7, 11) is 1.62. The van der Waals surface area contributed by atoms with E-state index in [-0.39, 0.29) is 5.56 Å². The molecule has 1 N–H and O–H groups in total. The number of rotatable bonds is 11. The van der Waals surface area contributed by atoms with E-state index in [1.807, 2.05) is 28.8 Å². The molecule has 1 heterocycles. The number of allylic oxidation sites excluding steroid dienone is 1. The topological polar surface area (TPSA) is 78.3 Å². The lowest BCUT2D eigenvalue weighted by molar-refractivity contribution is 0.0933. The lowest BCUT2D eigenvalue weighted by Gasteiger charge is -2.15. The standard InChI is InChI=1S/C23H25FN4O3S/c1-4-13-28-21(16(2)25-22(29)19-7-5-6-8-20(19)24)26-27-23(28)32-15-14-31-18-11-9-17(30-3)10-12-18/h4-12,16H,1,13-15H2,2-3H3,(H,25,29). The van der Waals surface area contributed by atoms with Crippen molar-refractivity contribution < 1.29 is 18.7 Å². The Morgan fingerprint density at radius 1 is 1.22 bits per heavy atom. The number of nitrogens with zero attached hydrogens (tertiary/aromatic N) is 3. The third kappa shape index (κ3) is 5.88. The number of nitrogens with one attached hydrogen (secondary N) is 1. The molecule has 0 aliphatic carbocycles. The Morgan fingerprint density at radius 2 is 1.94 bits per heavy atom. The summed E-state index contributed by atoms with van der Waals surface area (Å²) in [5.41, 5.74) is -0.0144. The van der Waals surface area contributed by atoms with Gasteiger partial charge >= 0.3 is 0 Å². The zero-order chi connectivity index (χ0) is 22.9. The first kappa shape index (κ1) is 23.3. The fourth-order valence-corrected chi connectivity index (χ4v) is 3.75. The van der Waals surface area contributed by atoms with Gasteiger partial charge in [0.2, 0.25) is 0 Å². The average Bonchev–Trinajstić information content (AvgIpc) is 3.20. The van der Waals surface area contributed by atoms with Gasteiger partial charge in [-0.25, -0.2) is 4.39 Å². The van der Waals surface area contributed by atoms with Crippen LogP contribution in [0.25, 0.3) is 0 Å².